The molecule has 0 fully saturated rings. The van der Waals surface area contributed by atoms with Crippen LogP contribution in [0.25, 0.3) is 0 Å². The van der Waals surface area contributed by atoms with Crippen molar-refractivity contribution in [3.8, 4) is 0 Å². The summed E-state index contributed by atoms with van der Waals surface area (Å²) >= 11 is 0. The fourth-order valence-electron chi connectivity index (χ4n) is 1.94. The van der Waals surface area contributed by atoms with Gasteiger partial charge >= 0.3 is 0 Å². The van der Waals surface area contributed by atoms with Crippen molar-refractivity contribution in [1.82, 2.24) is 0 Å². The summed E-state index contributed by atoms with van der Waals surface area (Å²) in [5.41, 5.74) is 2.16. The lowest BCUT2D eigenvalue weighted by atomic mass is 10.0. The highest BCUT2D eigenvalue weighted by Gasteiger charge is 2.11. The van der Waals surface area contributed by atoms with Gasteiger partial charge in [0.2, 0.25) is 6.41 Å². The summed E-state index contributed by atoms with van der Waals surface area (Å²) in [7, 11) is 1.62. The van der Waals surface area contributed by atoms with Crippen LogP contribution in [0.2, 0.25) is 0 Å². The molecule has 1 amide bonds. The summed E-state index contributed by atoms with van der Waals surface area (Å²) in [6.45, 7) is 1.74. The lowest BCUT2D eigenvalue weighted by Gasteiger charge is -2.11. The van der Waals surface area contributed by atoms with Crippen LogP contribution in [0.15, 0.2) is 42.5 Å². The van der Waals surface area contributed by atoms with Gasteiger partial charge in [-0.2, -0.15) is 0 Å². The Morgan fingerprint density at radius 3 is 2.30 bits per heavy atom. The number of nitrogens with zero attached hydrogens (tertiary/aromatic N) is 1. The van der Waals surface area contributed by atoms with Crippen molar-refractivity contribution < 1.29 is 14.0 Å². The number of aryl methyl sites for hydroxylation is 1. The van der Waals surface area contributed by atoms with Crippen molar-refractivity contribution in [1.29, 1.82) is 0 Å². The van der Waals surface area contributed by atoms with Gasteiger partial charge in [-0.15, -0.1) is 0 Å². The normalized spacial score (nSPS) is 10.2. The molecule has 20 heavy (non-hydrogen) atoms. The van der Waals surface area contributed by atoms with Crippen LogP contribution in [-0.2, 0) is 4.79 Å². The van der Waals surface area contributed by atoms with Gasteiger partial charge in [-0.1, -0.05) is 0 Å². The Kier molecular flexibility index (Phi) is 3.94. The third kappa shape index (κ3) is 2.91. The SMILES string of the molecule is Cc1cc(F)cc(C(=O)c2ccc(N(C)C=O)cc2)c1. The van der Waals surface area contributed by atoms with E-state index in [-0.39, 0.29) is 5.78 Å². The third-order valence-electron chi connectivity index (χ3n) is 3.00. The summed E-state index contributed by atoms with van der Waals surface area (Å²) in [5, 5.41) is 0. The van der Waals surface area contributed by atoms with Gasteiger partial charge < -0.3 is 4.90 Å². The minimum Gasteiger partial charge on any atom is -0.318 e. The second-order valence-electron chi connectivity index (χ2n) is 4.61. The van der Waals surface area contributed by atoms with Crippen molar-refractivity contribution >= 4 is 17.9 Å². The van der Waals surface area contributed by atoms with Gasteiger partial charge in [-0.3, -0.25) is 9.59 Å². The molecule has 0 aliphatic rings. The molecule has 4 heteroatoms. The molecule has 0 bridgehead atoms. The molecule has 0 aliphatic carbocycles. The van der Waals surface area contributed by atoms with Crippen LogP contribution in [0.3, 0.4) is 0 Å². The number of ketones is 1. The lowest BCUT2D eigenvalue weighted by Crippen LogP contribution is -2.13. The monoisotopic (exact) mass is 271 g/mol. The van der Waals surface area contributed by atoms with Gasteiger partial charge in [0.15, 0.2) is 5.78 Å². The first-order valence-electron chi connectivity index (χ1n) is 6.11. The number of carbonyl (C=O) groups is 2. The quantitative estimate of drug-likeness (QED) is 0.633. The van der Waals surface area contributed by atoms with Gasteiger partial charge in [0.1, 0.15) is 5.82 Å². The van der Waals surface area contributed by atoms with Gasteiger partial charge in [0, 0.05) is 23.9 Å². The smallest absolute Gasteiger partial charge is 0.213 e. The molecule has 0 atom stereocenters. The number of hydrogen-bond donors (Lipinski definition) is 0. The largest absolute Gasteiger partial charge is 0.318 e. The number of amides is 1. The molecule has 0 spiro atoms. The molecule has 0 aromatic heterocycles. The van der Waals surface area contributed by atoms with E-state index < -0.39 is 5.82 Å². The third-order valence-corrected chi connectivity index (χ3v) is 3.00. The standard InChI is InChI=1S/C16H14FNO2/c1-11-7-13(9-14(17)8-11)16(20)12-3-5-15(6-4-12)18(2)10-19/h3-10H,1-2H3. The van der Waals surface area contributed by atoms with Crippen molar-refractivity contribution in [2.75, 3.05) is 11.9 Å². The number of benzene rings is 2. The molecular formula is C16H14FNO2. The number of anilines is 1. The van der Waals surface area contributed by atoms with Crippen LogP contribution < -0.4 is 4.90 Å². The van der Waals surface area contributed by atoms with E-state index in [1.165, 1.54) is 17.0 Å². The van der Waals surface area contributed by atoms with Crippen molar-refractivity contribution in [3.05, 3.63) is 65.0 Å². The summed E-state index contributed by atoms with van der Waals surface area (Å²) < 4.78 is 13.3. The molecule has 0 unspecified atom stereocenters. The van der Waals surface area contributed by atoms with Crippen LogP contribution >= 0.6 is 0 Å². The predicted octanol–water partition coefficient (Wildman–Crippen LogP) is 2.96. The average Bonchev–Trinajstić information content (AvgIpc) is 2.45. The van der Waals surface area contributed by atoms with Gasteiger partial charge in [-0.05, 0) is 55.0 Å². The fourth-order valence-corrected chi connectivity index (χ4v) is 1.94. The second-order valence-corrected chi connectivity index (χ2v) is 4.61. The first-order chi connectivity index (χ1) is 9.51. The topological polar surface area (TPSA) is 37.4 Å². The van der Waals surface area contributed by atoms with E-state index >= 15 is 0 Å². The molecule has 0 heterocycles. The Labute approximate surface area is 116 Å². The van der Waals surface area contributed by atoms with E-state index in [0.29, 0.717) is 28.8 Å². The molecule has 102 valence electrons. The van der Waals surface area contributed by atoms with E-state index in [9.17, 15) is 14.0 Å². The zero-order valence-electron chi connectivity index (χ0n) is 11.3. The maximum atomic E-state index is 13.3. The molecular weight excluding hydrogens is 257 g/mol. The molecule has 2 aromatic carbocycles. The lowest BCUT2D eigenvalue weighted by molar-refractivity contribution is -0.107. The highest BCUT2D eigenvalue weighted by molar-refractivity contribution is 6.09. The average molecular weight is 271 g/mol. The summed E-state index contributed by atoms with van der Waals surface area (Å²) in [6.07, 6.45) is 0.687. The Hall–Kier alpha value is -2.49. The van der Waals surface area contributed by atoms with E-state index in [4.69, 9.17) is 0 Å². The number of halogens is 1. The van der Waals surface area contributed by atoms with Crippen LogP contribution in [-0.4, -0.2) is 19.2 Å². The maximum absolute atomic E-state index is 13.3. The van der Waals surface area contributed by atoms with E-state index in [0.717, 1.165) is 0 Å². The van der Waals surface area contributed by atoms with Crippen LogP contribution in [0.5, 0.6) is 0 Å². The molecule has 0 saturated carbocycles. The van der Waals surface area contributed by atoms with Gasteiger partial charge in [0.25, 0.3) is 0 Å². The molecule has 3 nitrogen and oxygen atoms in total. The number of hydrogen-bond acceptors (Lipinski definition) is 2. The van der Waals surface area contributed by atoms with Gasteiger partial charge in [0.05, 0.1) is 0 Å². The highest BCUT2D eigenvalue weighted by Crippen LogP contribution is 2.17. The molecule has 2 aromatic rings. The Morgan fingerprint density at radius 1 is 1.10 bits per heavy atom. The van der Waals surface area contributed by atoms with Crippen LogP contribution in [0.4, 0.5) is 10.1 Å². The minimum absolute atomic E-state index is 0.243. The zero-order valence-corrected chi connectivity index (χ0v) is 11.3. The van der Waals surface area contributed by atoms with Gasteiger partial charge in [-0.25, -0.2) is 4.39 Å². The number of rotatable bonds is 4. The minimum atomic E-state index is -0.425. The maximum Gasteiger partial charge on any atom is 0.213 e. The summed E-state index contributed by atoms with van der Waals surface area (Å²) in [6, 6.07) is 10.8. The second kappa shape index (κ2) is 5.65. The molecule has 0 saturated heterocycles. The summed E-state index contributed by atoms with van der Waals surface area (Å²) in [5.74, 6) is -0.668. The first-order valence-corrected chi connectivity index (χ1v) is 6.11. The van der Waals surface area contributed by atoms with Crippen LogP contribution in [0, 0.1) is 12.7 Å². The van der Waals surface area contributed by atoms with Crippen LogP contribution in [0.1, 0.15) is 21.5 Å². The molecule has 2 rings (SSSR count). The van der Waals surface area contributed by atoms with Crippen molar-refractivity contribution in [2.24, 2.45) is 0 Å². The fraction of sp³-hybridized carbons (Fsp3) is 0.125. The molecule has 0 radical (unpaired) electrons. The first kappa shape index (κ1) is 13.9. The Morgan fingerprint density at radius 2 is 1.75 bits per heavy atom. The Bertz CT molecular complexity index is 630. The van der Waals surface area contributed by atoms with Crippen molar-refractivity contribution in [2.45, 2.75) is 6.92 Å². The number of carbonyl (C=O) groups excluding carboxylic acids is 2. The zero-order chi connectivity index (χ0) is 14.7. The Balaban J connectivity index is 2.31. The highest BCUT2D eigenvalue weighted by atomic mass is 19.1. The van der Waals surface area contributed by atoms with Crippen molar-refractivity contribution in [3.63, 3.8) is 0 Å². The summed E-state index contributed by atoms with van der Waals surface area (Å²) in [4.78, 5) is 24.3. The predicted molar refractivity (Wildman–Crippen MR) is 75.5 cm³/mol. The van der Waals surface area contributed by atoms with E-state index in [1.54, 1.807) is 44.3 Å². The molecule has 0 aliphatic heterocycles. The van der Waals surface area contributed by atoms with E-state index in [1.807, 2.05) is 0 Å². The molecule has 0 N–H and O–H groups in total. The van der Waals surface area contributed by atoms with E-state index in [2.05, 4.69) is 0 Å².